The van der Waals surface area contributed by atoms with E-state index in [1.165, 1.54) is 12.0 Å². The topological polar surface area (TPSA) is 66.0 Å². The van der Waals surface area contributed by atoms with Crippen LogP contribution in [0.5, 0.6) is 0 Å². The lowest BCUT2D eigenvalue weighted by Gasteiger charge is -2.28. The lowest BCUT2D eigenvalue weighted by molar-refractivity contribution is -0.148. The van der Waals surface area contributed by atoms with Crippen molar-refractivity contribution in [1.29, 1.82) is 0 Å². The van der Waals surface area contributed by atoms with E-state index < -0.39 is 23.5 Å². The van der Waals surface area contributed by atoms with E-state index in [1.807, 2.05) is 71.9 Å². The van der Waals surface area contributed by atoms with Gasteiger partial charge in [0, 0.05) is 16.9 Å². The van der Waals surface area contributed by atoms with Crippen LogP contribution in [0.25, 0.3) is 0 Å². The molecule has 26 heavy (non-hydrogen) atoms. The molecule has 3 atom stereocenters. The summed E-state index contributed by atoms with van der Waals surface area (Å²) in [6.07, 6.45) is -1.03. The van der Waals surface area contributed by atoms with Crippen molar-refractivity contribution < 1.29 is 23.2 Å². The molecule has 6 nitrogen and oxygen atoms in total. The molecule has 1 N–H and O–H groups in total. The smallest absolute Gasteiger partial charge is 0.408 e. The van der Waals surface area contributed by atoms with E-state index in [-0.39, 0.29) is 18.8 Å². The first-order valence-corrected chi connectivity index (χ1v) is 9.49. The molecule has 0 aliphatic carbocycles. The molecule has 7 heteroatoms. The van der Waals surface area contributed by atoms with E-state index in [9.17, 15) is 4.79 Å². The minimum atomic E-state index is -0.704. The molecule has 0 aromatic heterocycles. The fourth-order valence-electron chi connectivity index (χ4n) is 2.70. The van der Waals surface area contributed by atoms with Gasteiger partial charge in [-0.1, -0.05) is 18.2 Å². The molecule has 0 spiro atoms. The third-order valence-corrected chi connectivity index (χ3v) is 4.32. The highest BCUT2D eigenvalue weighted by Gasteiger charge is 2.43. The minimum absolute atomic E-state index is 0.185. The van der Waals surface area contributed by atoms with E-state index in [4.69, 9.17) is 18.4 Å². The Hall–Kier alpha value is -1.28. The summed E-state index contributed by atoms with van der Waals surface area (Å²) >= 11 is 1.26. The number of benzene rings is 1. The van der Waals surface area contributed by atoms with Gasteiger partial charge in [-0.05, 0) is 53.7 Å². The van der Waals surface area contributed by atoms with E-state index in [0.717, 1.165) is 4.90 Å². The highest BCUT2D eigenvalue weighted by atomic mass is 32.2. The van der Waals surface area contributed by atoms with Crippen LogP contribution >= 0.6 is 12.0 Å². The Kier molecular flexibility index (Phi) is 6.96. The summed E-state index contributed by atoms with van der Waals surface area (Å²) in [4.78, 5) is 13.2. The molecule has 0 bridgehead atoms. The number of carbonyl (C=O) groups excluding carboxylic acids is 1. The van der Waals surface area contributed by atoms with Gasteiger partial charge in [0.15, 0.2) is 5.79 Å². The number of nitrogens with one attached hydrogen (secondary N) is 1. The molecule has 146 valence electrons. The molecular weight excluding hydrogens is 354 g/mol. The summed E-state index contributed by atoms with van der Waals surface area (Å²) in [5.74, 6) is -0.704. The van der Waals surface area contributed by atoms with Crippen molar-refractivity contribution in [3.05, 3.63) is 30.3 Å². The number of carbonyl (C=O) groups is 1. The third-order valence-electron chi connectivity index (χ3n) is 3.60. The first-order chi connectivity index (χ1) is 12.1. The van der Waals surface area contributed by atoms with Gasteiger partial charge in [-0.25, -0.2) is 4.79 Å². The average molecular weight is 384 g/mol. The molecule has 1 amide bonds. The van der Waals surface area contributed by atoms with Gasteiger partial charge in [0.2, 0.25) is 0 Å². The Morgan fingerprint density at radius 1 is 1.27 bits per heavy atom. The van der Waals surface area contributed by atoms with Gasteiger partial charge in [0.1, 0.15) is 11.7 Å². The van der Waals surface area contributed by atoms with Gasteiger partial charge in [-0.3, -0.25) is 0 Å². The number of hydrogen-bond acceptors (Lipinski definition) is 6. The van der Waals surface area contributed by atoms with Crippen molar-refractivity contribution in [1.82, 2.24) is 5.32 Å². The van der Waals surface area contributed by atoms with Gasteiger partial charge in [0.25, 0.3) is 0 Å². The second-order valence-corrected chi connectivity index (χ2v) is 8.61. The van der Waals surface area contributed by atoms with Crippen LogP contribution in [0.1, 0.15) is 41.5 Å². The Morgan fingerprint density at radius 2 is 1.92 bits per heavy atom. The first kappa shape index (κ1) is 21.0. The number of alkyl carbamates (subject to hydrolysis) is 1. The first-order valence-electron chi connectivity index (χ1n) is 8.75. The molecular formula is C19H29NO5S. The molecule has 2 rings (SSSR count). The summed E-state index contributed by atoms with van der Waals surface area (Å²) in [6, 6.07) is 9.35. The Labute approximate surface area is 160 Å². The van der Waals surface area contributed by atoms with Gasteiger partial charge in [-0.2, -0.15) is 0 Å². The second kappa shape index (κ2) is 8.61. The second-order valence-electron chi connectivity index (χ2n) is 7.74. The summed E-state index contributed by atoms with van der Waals surface area (Å²) < 4.78 is 22.9. The van der Waals surface area contributed by atoms with Crippen LogP contribution in [0, 0.1) is 0 Å². The normalized spacial score (nSPS) is 23.5. The minimum Gasteiger partial charge on any atom is -0.444 e. The number of hydrogen-bond donors (Lipinski definition) is 1. The maximum atomic E-state index is 12.2. The van der Waals surface area contributed by atoms with Gasteiger partial charge in [-0.15, -0.1) is 0 Å². The monoisotopic (exact) mass is 383 g/mol. The van der Waals surface area contributed by atoms with Gasteiger partial charge >= 0.3 is 6.09 Å². The highest BCUT2D eigenvalue weighted by Crippen LogP contribution is 2.30. The molecule has 1 aliphatic heterocycles. The maximum absolute atomic E-state index is 12.2. The molecule has 1 aromatic rings. The molecule has 0 radical (unpaired) electrons. The zero-order chi connectivity index (χ0) is 19.4. The van der Waals surface area contributed by atoms with Crippen LogP contribution in [0.3, 0.4) is 0 Å². The molecule has 1 fully saturated rings. The predicted octanol–water partition coefficient (Wildman–Crippen LogP) is 4.14. The average Bonchev–Trinajstić information content (AvgIpc) is 2.78. The molecule has 1 heterocycles. The molecule has 1 saturated heterocycles. The van der Waals surface area contributed by atoms with E-state index in [2.05, 4.69) is 5.32 Å². The van der Waals surface area contributed by atoms with Crippen LogP contribution in [0.15, 0.2) is 35.2 Å². The van der Waals surface area contributed by atoms with Crippen molar-refractivity contribution in [3.63, 3.8) is 0 Å². The van der Waals surface area contributed by atoms with Crippen LogP contribution in [0.2, 0.25) is 0 Å². The Balaban J connectivity index is 2.00. The van der Waals surface area contributed by atoms with Crippen molar-refractivity contribution in [2.75, 3.05) is 6.61 Å². The molecule has 0 unspecified atom stereocenters. The largest absolute Gasteiger partial charge is 0.444 e. The van der Waals surface area contributed by atoms with Crippen LogP contribution in [-0.2, 0) is 18.4 Å². The van der Waals surface area contributed by atoms with Crippen LogP contribution in [0.4, 0.5) is 4.79 Å². The zero-order valence-electron chi connectivity index (χ0n) is 16.3. The predicted molar refractivity (Wildman–Crippen MR) is 101 cm³/mol. The quantitative estimate of drug-likeness (QED) is 0.745. The summed E-state index contributed by atoms with van der Waals surface area (Å²) in [5.41, 5.74) is -0.577. The van der Waals surface area contributed by atoms with E-state index in [1.54, 1.807) is 0 Å². The highest BCUT2D eigenvalue weighted by molar-refractivity contribution is 7.94. The lowest BCUT2D eigenvalue weighted by atomic mass is 10.1. The van der Waals surface area contributed by atoms with E-state index >= 15 is 0 Å². The van der Waals surface area contributed by atoms with Gasteiger partial charge in [0.05, 0.1) is 18.8 Å². The third kappa shape index (κ3) is 6.79. The standard InChI is InChI=1S/C19H29NO5S/c1-13-16(24-19(5,6)23-13)15(20-17(21)25-18(2,3)4)12-22-26-14-10-8-7-9-11-14/h7-11,13,15-16H,12H2,1-6H3,(H,20,21)/t13-,15+,16-/m1/s1. The summed E-state index contributed by atoms with van der Waals surface area (Å²) in [7, 11) is 0. The fourth-order valence-corrected chi connectivity index (χ4v) is 3.32. The van der Waals surface area contributed by atoms with Gasteiger partial charge < -0.3 is 23.7 Å². The van der Waals surface area contributed by atoms with Crippen molar-refractivity contribution in [3.8, 4) is 0 Å². The molecule has 1 aliphatic rings. The Bertz CT molecular complexity index is 587. The SMILES string of the molecule is C[C@H]1OC(C)(C)O[C@H]1[C@H](COSc1ccccc1)NC(=O)OC(C)(C)C. The number of rotatable bonds is 6. The molecule has 0 saturated carbocycles. The van der Waals surface area contributed by atoms with Crippen LogP contribution in [-0.4, -0.2) is 42.3 Å². The maximum Gasteiger partial charge on any atom is 0.408 e. The van der Waals surface area contributed by atoms with Crippen molar-refractivity contribution >= 4 is 18.1 Å². The van der Waals surface area contributed by atoms with E-state index in [0.29, 0.717) is 0 Å². The van der Waals surface area contributed by atoms with Crippen LogP contribution < -0.4 is 5.32 Å². The molecule has 1 aromatic carbocycles. The summed E-state index contributed by atoms with van der Waals surface area (Å²) in [5, 5.41) is 2.87. The fraction of sp³-hybridized carbons (Fsp3) is 0.632. The number of ether oxygens (including phenoxy) is 3. The zero-order valence-corrected chi connectivity index (χ0v) is 17.1. The summed E-state index contributed by atoms with van der Waals surface area (Å²) in [6.45, 7) is 11.4. The Morgan fingerprint density at radius 3 is 2.46 bits per heavy atom. The lowest BCUT2D eigenvalue weighted by Crippen LogP contribution is -2.50. The van der Waals surface area contributed by atoms with Crippen molar-refractivity contribution in [2.45, 2.75) is 76.1 Å². The van der Waals surface area contributed by atoms with Crippen molar-refractivity contribution in [2.24, 2.45) is 0 Å². The number of amides is 1.